The quantitative estimate of drug-likeness (QED) is 0.649. The van der Waals surface area contributed by atoms with Crippen LogP contribution in [0.4, 0.5) is 10.5 Å². The molecule has 2 rings (SSSR count). The molecule has 1 aliphatic rings. The van der Waals surface area contributed by atoms with Gasteiger partial charge < -0.3 is 10.3 Å². The van der Waals surface area contributed by atoms with Gasteiger partial charge >= 0.3 is 6.03 Å². The van der Waals surface area contributed by atoms with E-state index in [2.05, 4.69) is 21.9 Å². The van der Waals surface area contributed by atoms with E-state index in [9.17, 15) is 4.79 Å². The molecule has 0 aromatic carbocycles. The molecule has 1 aromatic rings. The van der Waals surface area contributed by atoms with E-state index in [4.69, 9.17) is 0 Å². The number of aliphatic imine (C=N–C) groups is 1. The maximum absolute atomic E-state index is 12.3. The maximum atomic E-state index is 12.3. The Kier molecular flexibility index (Phi) is 5.20. The highest BCUT2D eigenvalue weighted by Crippen LogP contribution is 2.19. The zero-order valence-corrected chi connectivity index (χ0v) is 12.9. The molecule has 1 aromatic heterocycles. The molecule has 0 spiro atoms. The first kappa shape index (κ1) is 15.4. The summed E-state index contributed by atoms with van der Waals surface area (Å²) >= 11 is 0. The van der Waals surface area contributed by atoms with Crippen molar-refractivity contribution in [3.8, 4) is 0 Å². The second kappa shape index (κ2) is 7.11. The number of aromatic amines is 1. The lowest BCUT2D eigenvalue weighted by molar-refractivity contribution is 0.218. The minimum Gasteiger partial charge on any atom is -0.363 e. The first-order valence-corrected chi connectivity index (χ1v) is 7.51. The molecule has 1 fully saturated rings. The molecule has 5 nitrogen and oxygen atoms in total. The van der Waals surface area contributed by atoms with Crippen molar-refractivity contribution in [1.29, 1.82) is 0 Å². The normalized spacial score (nSPS) is 16.6. The Morgan fingerprint density at radius 1 is 1.48 bits per heavy atom. The Morgan fingerprint density at radius 3 is 2.76 bits per heavy atom. The van der Waals surface area contributed by atoms with E-state index in [1.807, 2.05) is 19.2 Å². The molecule has 2 amide bonds. The first-order valence-electron chi connectivity index (χ1n) is 7.51. The van der Waals surface area contributed by atoms with Gasteiger partial charge in [0.15, 0.2) is 0 Å². The van der Waals surface area contributed by atoms with Gasteiger partial charge in [-0.15, -0.1) is 0 Å². The number of nitrogens with one attached hydrogen (secondary N) is 2. The SMILES string of the molecule is C=C/C(=N\c1cc[nH]c1C)N(C)C(=O)NC1CCCCC1. The summed E-state index contributed by atoms with van der Waals surface area (Å²) in [7, 11) is 1.72. The average molecular weight is 288 g/mol. The molecule has 0 bridgehead atoms. The van der Waals surface area contributed by atoms with E-state index in [1.54, 1.807) is 13.1 Å². The van der Waals surface area contributed by atoms with Crippen LogP contribution in [0.5, 0.6) is 0 Å². The highest BCUT2D eigenvalue weighted by molar-refractivity contribution is 6.04. The fourth-order valence-electron chi connectivity index (χ4n) is 2.57. The summed E-state index contributed by atoms with van der Waals surface area (Å²) in [5.74, 6) is 0.547. The number of nitrogens with zero attached hydrogens (tertiary/aromatic N) is 2. The van der Waals surface area contributed by atoms with E-state index in [0.717, 1.165) is 24.2 Å². The summed E-state index contributed by atoms with van der Waals surface area (Å²) < 4.78 is 0. The van der Waals surface area contributed by atoms with Crippen molar-refractivity contribution in [1.82, 2.24) is 15.2 Å². The van der Waals surface area contributed by atoms with Gasteiger partial charge in [0.25, 0.3) is 0 Å². The number of H-pyrrole nitrogens is 1. The molecular formula is C16H24N4O. The highest BCUT2D eigenvalue weighted by atomic mass is 16.2. The number of likely N-dealkylation sites (N-methyl/N-ethyl adjacent to an activating group) is 1. The summed E-state index contributed by atoms with van der Waals surface area (Å²) in [6.45, 7) is 5.70. The summed E-state index contributed by atoms with van der Waals surface area (Å²) in [6, 6.07) is 2.05. The molecule has 1 heterocycles. The van der Waals surface area contributed by atoms with Crippen LogP contribution in [-0.4, -0.2) is 34.8 Å². The lowest BCUT2D eigenvalue weighted by Crippen LogP contribution is -2.45. The largest absolute Gasteiger partial charge is 0.363 e. The summed E-state index contributed by atoms with van der Waals surface area (Å²) in [6.07, 6.45) is 9.23. The molecule has 0 saturated heterocycles. The number of carbonyl (C=O) groups excluding carboxylic acids is 1. The standard InChI is InChI=1S/C16H24N4O/c1-4-15(19-14-10-11-17-12(14)2)20(3)16(21)18-13-8-6-5-7-9-13/h4,10-11,13,17H,1,5-9H2,2-3H3,(H,18,21)/b19-15+. The summed E-state index contributed by atoms with van der Waals surface area (Å²) in [4.78, 5) is 21.4. The highest BCUT2D eigenvalue weighted by Gasteiger charge is 2.19. The Hall–Kier alpha value is -2.04. The smallest absolute Gasteiger partial charge is 0.323 e. The van der Waals surface area contributed by atoms with Crippen molar-refractivity contribution in [2.45, 2.75) is 45.1 Å². The number of aromatic nitrogens is 1. The second-order valence-corrected chi connectivity index (χ2v) is 5.51. The summed E-state index contributed by atoms with van der Waals surface area (Å²) in [5, 5.41) is 3.08. The number of rotatable bonds is 3. The van der Waals surface area contributed by atoms with Gasteiger partial charge in [-0.05, 0) is 31.9 Å². The molecule has 5 heteroatoms. The fraction of sp³-hybridized carbons (Fsp3) is 0.500. The fourth-order valence-corrected chi connectivity index (χ4v) is 2.57. The van der Waals surface area contributed by atoms with Crippen molar-refractivity contribution in [3.63, 3.8) is 0 Å². The van der Waals surface area contributed by atoms with Crippen LogP contribution in [0.1, 0.15) is 37.8 Å². The molecule has 0 atom stereocenters. The number of urea groups is 1. The third-order valence-corrected chi connectivity index (χ3v) is 3.92. The van der Waals surface area contributed by atoms with Crippen LogP contribution in [-0.2, 0) is 0 Å². The third-order valence-electron chi connectivity index (χ3n) is 3.92. The average Bonchev–Trinajstić information content (AvgIpc) is 2.90. The topological polar surface area (TPSA) is 60.5 Å². The van der Waals surface area contributed by atoms with Gasteiger partial charge in [0.1, 0.15) is 5.84 Å². The van der Waals surface area contributed by atoms with Crippen LogP contribution < -0.4 is 5.32 Å². The molecule has 114 valence electrons. The summed E-state index contributed by atoms with van der Waals surface area (Å²) in [5.41, 5.74) is 1.79. The van der Waals surface area contributed by atoms with Crippen LogP contribution in [0.25, 0.3) is 0 Å². The number of hydrogen-bond acceptors (Lipinski definition) is 2. The number of amidine groups is 1. The van der Waals surface area contributed by atoms with E-state index >= 15 is 0 Å². The van der Waals surface area contributed by atoms with Crippen molar-refractivity contribution < 1.29 is 4.79 Å². The number of amides is 2. The zero-order valence-electron chi connectivity index (χ0n) is 12.9. The van der Waals surface area contributed by atoms with E-state index in [1.165, 1.54) is 24.2 Å². The van der Waals surface area contributed by atoms with Crippen LogP contribution >= 0.6 is 0 Å². The molecule has 0 radical (unpaired) electrons. The molecular weight excluding hydrogens is 264 g/mol. The predicted octanol–water partition coefficient (Wildman–Crippen LogP) is 3.51. The Bertz CT molecular complexity index is 526. The Morgan fingerprint density at radius 2 is 2.19 bits per heavy atom. The molecule has 21 heavy (non-hydrogen) atoms. The van der Waals surface area contributed by atoms with E-state index in [0.29, 0.717) is 5.84 Å². The van der Waals surface area contributed by atoms with Gasteiger partial charge in [-0.3, -0.25) is 4.90 Å². The lowest BCUT2D eigenvalue weighted by Gasteiger charge is -2.26. The van der Waals surface area contributed by atoms with Crippen LogP contribution in [0, 0.1) is 6.92 Å². The van der Waals surface area contributed by atoms with Crippen molar-refractivity contribution in [2.24, 2.45) is 4.99 Å². The Labute approximate surface area is 126 Å². The number of hydrogen-bond donors (Lipinski definition) is 2. The second-order valence-electron chi connectivity index (χ2n) is 5.51. The predicted molar refractivity (Wildman–Crippen MR) is 86.0 cm³/mol. The molecule has 1 aliphatic carbocycles. The van der Waals surface area contributed by atoms with Gasteiger partial charge in [0.2, 0.25) is 0 Å². The van der Waals surface area contributed by atoms with Crippen LogP contribution in [0.15, 0.2) is 29.9 Å². The number of carbonyl (C=O) groups is 1. The van der Waals surface area contributed by atoms with Gasteiger partial charge in [-0.25, -0.2) is 9.79 Å². The third kappa shape index (κ3) is 3.97. The van der Waals surface area contributed by atoms with Crippen LogP contribution in [0.3, 0.4) is 0 Å². The van der Waals surface area contributed by atoms with Crippen molar-refractivity contribution in [3.05, 3.63) is 30.6 Å². The lowest BCUT2D eigenvalue weighted by atomic mass is 9.96. The molecule has 0 unspecified atom stereocenters. The molecule has 0 aliphatic heterocycles. The van der Waals surface area contributed by atoms with Crippen molar-refractivity contribution in [2.75, 3.05) is 7.05 Å². The van der Waals surface area contributed by atoms with Gasteiger partial charge in [0.05, 0.1) is 5.69 Å². The molecule has 2 N–H and O–H groups in total. The number of aryl methyl sites for hydroxylation is 1. The van der Waals surface area contributed by atoms with Gasteiger partial charge in [-0.1, -0.05) is 25.8 Å². The van der Waals surface area contributed by atoms with Crippen LogP contribution in [0.2, 0.25) is 0 Å². The maximum Gasteiger partial charge on any atom is 0.323 e. The monoisotopic (exact) mass is 288 g/mol. The molecule has 1 saturated carbocycles. The van der Waals surface area contributed by atoms with E-state index in [-0.39, 0.29) is 12.1 Å². The first-order chi connectivity index (χ1) is 10.1. The minimum absolute atomic E-state index is 0.117. The van der Waals surface area contributed by atoms with Gasteiger partial charge in [0, 0.05) is 25.0 Å². The van der Waals surface area contributed by atoms with Crippen molar-refractivity contribution >= 4 is 17.6 Å². The van der Waals surface area contributed by atoms with Gasteiger partial charge in [-0.2, -0.15) is 0 Å². The minimum atomic E-state index is -0.117. The van der Waals surface area contributed by atoms with E-state index < -0.39 is 0 Å². The zero-order chi connectivity index (χ0) is 15.2. The Balaban J connectivity index is 2.03.